The van der Waals surface area contributed by atoms with Gasteiger partial charge in [0.05, 0.1) is 10.9 Å². The number of hydrogen-bond acceptors (Lipinski definition) is 3. The molecule has 2 N–H and O–H groups in total. The van der Waals surface area contributed by atoms with Crippen LogP contribution in [0, 0.1) is 0 Å². The van der Waals surface area contributed by atoms with Crippen LogP contribution in [0.4, 0.5) is 0 Å². The van der Waals surface area contributed by atoms with Crippen molar-refractivity contribution in [2.75, 3.05) is 0 Å². The largest absolute Gasteiger partial charge is 0.324 e. The number of nitrogens with zero attached hydrogens (tertiary/aromatic N) is 2. The molecule has 0 spiro atoms. The number of hydrogen-bond donors (Lipinski definition) is 1. The zero-order valence-corrected chi connectivity index (χ0v) is 12.1. The number of aromatic nitrogens is 2. The van der Waals surface area contributed by atoms with Crippen molar-refractivity contribution in [3.8, 4) is 11.4 Å². The summed E-state index contributed by atoms with van der Waals surface area (Å²) in [6.07, 6.45) is 0. The SMILES string of the molecule is C[C@@H](N)c1cccc2c(=O)n(C)c(-c3ccccc3)nc12. The minimum atomic E-state index is -0.170. The molecule has 0 amide bonds. The molecule has 1 heterocycles. The average molecular weight is 279 g/mol. The van der Waals surface area contributed by atoms with Gasteiger partial charge in [-0.3, -0.25) is 9.36 Å². The summed E-state index contributed by atoms with van der Waals surface area (Å²) in [5, 5.41) is 0.604. The molecule has 3 aromatic rings. The average Bonchev–Trinajstić information content (AvgIpc) is 2.51. The Morgan fingerprint density at radius 1 is 1.10 bits per heavy atom. The smallest absolute Gasteiger partial charge is 0.261 e. The van der Waals surface area contributed by atoms with Crippen molar-refractivity contribution in [2.24, 2.45) is 12.8 Å². The highest BCUT2D eigenvalue weighted by Crippen LogP contribution is 2.22. The number of fused-ring (bicyclic) bond motifs is 1. The van der Waals surface area contributed by atoms with Crippen LogP contribution in [0.2, 0.25) is 0 Å². The van der Waals surface area contributed by atoms with E-state index in [1.165, 1.54) is 0 Å². The Kier molecular flexibility index (Phi) is 3.31. The van der Waals surface area contributed by atoms with Gasteiger partial charge in [0, 0.05) is 18.7 Å². The molecule has 1 aromatic heterocycles. The fraction of sp³-hybridized carbons (Fsp3) is 0.176. The Morgan fingerprint density at radius 2 is 1.81 bits per heavy atom. The number of rotatable bonds is 2. The van der Waals surface area contributed by atoms with Crippen molar-refractivity contribution in [1.29, 1.82) is 0 Å². The molecule has 1 atom stereocenters. The lowest BCUT2D eigenvalue weighted by atomic mass is 10.0. The van der Waals surface area contributed by atoms with Gasteiger partial charge in [-0.25, -0.2) is 4.98 Å². The molecule has 0 aliphatic rings. The molecule has 2 aromatic carbocycles. The van der Waals surface area contributed by atoms with Crippen molar-refractivity contribution in [3.05, 3.63) is 64.4 Å². The molecule has 0 unspecified atom stereocenters. The van der Waals surface area contributed by atoms with Gasteiger partial charge in [0.2, 0.25) is 0 Å². The zero-order valence-electron chi connectivity index (χ0n) is 12.1. The van der Waals surface area contributed by atoms with E-state index < -0.39 is 0 Å². The van der Waals surface area contributed by atoms with Crippen LogP contribution in [0.25, 0.3) is 22.3 Å². The molecular weight excluding hydrogens is 262 g/mol. The lowest BCUT2D eigenvalue weighted by molar-refractivity contribution is 0.815. The van der Waals surface area contributed by atoms with E-state index in [2.05, 4.69) is 0 Å². The van der Waals surface area contributed by atoms with Crippen LogP contribution in [0.1, 0.15) is 18.5 Å². The summed E-state index contributed by atoms with van der Waals surface area (Å²) in [5.74, 6) is 0.654. The van der Waals surface area contributed by atoms with Crippen LogP contribution >= 0.6 is 0 Å². The topological polar surface area (TPSA) is 60.9 Å². The van der Waals surface area contributed by atoms with Crippen LogP contribution in [0.3, 0.4) is 0 Å². The summed E-state index contributed by atoms with van der Waals surface area (Å²) < 4.78 is 1.59. The molecule has 3 rings (SSSR count). The van der Waals surface area contributed by atoms with Gasteiger partial charge >= 0.3 is 0 Å². The summed E-state index contributed by atoms with van der Waals surface area (Å²) in [7, 11) is 1.75. The molecule has 0 fully saturated rings. The maximum atomic E-state index is 12.6. The van der Waals surface area contributed by atoms with E-state index in [0.717, 1.165) is 11.1 Å². The third-order valence-electron chi connectivity index (χ3n) is 3.66. The van der Waals surface area contributed by atoms with E-state index in [9.17, 15) is 4.79 Å². The van der Waals surface area contributed by atoms with Crippen molar-refractivity contribution in [1.82, 2.24) is 9.55 Å². The standard InChI is InChI=1S/C17H17N3O/c1-11(18)13-9-6-10-14-15(13)19-16(20(2)17(14)21)12-7-4-3-5-8-12/h3-11H,18H2,1-2H3/t11-/m1/s1. The van der Waals surface area contributed by atoms with E-state index in [-0.39, 0.29) is 11.6 Å². The van der Waals surface area contributed by atoms with Crippen molar-refractivity contribution in [2.45, 2.75) is 13.0 Å². The highest BCUT2D eigenvalue weighted by Gasteiger charge is 2.14. The Hall–Kier alpha value is -2.46. The van der Waals surface area contributed by atoms with Crippen molar-refractivity contribution < 1.29 is 0 Å². The molecule has 0 bridgehead atoms. The minimum Gasteiger partial charge on any atom is -0.324 e. The number of nitrogens with two attached hydrogens (primary N) is 1. The van der Waals surface area contributed by atoms with E-state index in [4.69, 9.17) is 10.7 Å². The summed E-state index contributed by atoms with van der Waals surface area (Å²) >= 11 is 0. The first-order valence-electron chi connectivity index (χ1n) is 6.90. The summed E-state index contributed by atoms with van der Waals surface area (Å²) in [6.45, 7) is 1.90. The first-order valence-corrected chi connectivity index (χ1v) is 6.90. The van der Waals surface area contributed by atoms with Crippen molar-refractivity contribution in [3.63, 3.8) is 0 Å². The van der Waals surface area contributed by atoms with Gasteiger partial charge in [0.15, 0.2) is 0 Å². The monoisotopic (exact) mass is 279 g/mol. The van der Waals surface area contributed by atoms with Crippen LogP contribution in [0.5, 0.6) is 0 Å². The lowest BCUT2D eigenvalue weighted by Crippen LogP contribution is -2.21. The maximum absolute atomic E-state index is 12.6. The minimum absolute atomic E-state index is 0.0543. The van der Waals surface area contributed by atoms with E-state index in [0.29, 0.717) is 16.7 Å². The molecule has 4 heteroatoms. The lowest BCUT2D eigenvalue weighted by Gasteiger charge is -2.13. The highest BCUT2D eigenvalue weighted by molar-refractivity contribution is 5.83. The van der Waals surface area contributed by atoms with Crippen LogP contribution in [-0.4, -0.2) is 9.55 Å². The normalized spacial score (nSPS) is 12.5. The van der Waals surface area contributed by atoms with Crippen molar-refractivity contribution >= 4 is 10.9 Å². The number of benzene rings is 2. The van der Waals surface area contributed by atoms with Crippen LogP contribution in [-0.2, 0) is 7.05 Å². The van der Waals surface area contributed by atoms with E-state index in [1.807, 2.05) is 49.4 Å². The predicted molar refractivity (Wildman–Crippen MR) is 85.0 cm³/mol. The van der Waals surface area contributed by atoms with E-state index in [1.54, 1.807) is 17.7 Å². The van der Waals surface area contributed by atoms with Gasteiger partial charge in [-0.15, -0.1) is 0 Å². The van der Waals surface area contributed by atoms with Crippen LogP contribution < -0.4 is 11.3 Å². The van der Waals surface area contributed by atoms with E-state index >= 15 is 0 Å². The number of para-hydroxylation sites is 1. The Balaban J connectivity index is 2.41. The molecule has 4 nitrogen and oxygen atoms in total. The van der Waals surface area contributed by atoms with Gasteiger partial charge < -0.3 is 5.73 Å². The first-order chi connectivity index (χ1) is 10.1. The predicted octanol–water partition coefficient (Wildman–Crippen LogP) is 2.62. The van der Waals surface area contributed by atoms with Gasteiger partial charge in [-0.2, -0.15) is 0 Å². The third-order valence-corrected chi connectivity index (χ3v) is 3.66. The summed E-state index contributed by atoms with van der Waals surface area (Å²) in [5.41, 5.74) is 8.45. The second-order valence-electron chi connectivity index (χ2n) is 5.20. The molecule has 106 valence electrons. The van der Waals surface area contributed by atoms with Crippen LogP contribution in [0.15, 0.2) is 53.3 Å². The Morgan fingerprint density at radius 3 is 2.48 bits per heavy atom. The quantitative estimate of drug-likeness (QED) is 0.784. The third kappa shape index (κ3) is 2.23. The molecule has 21 heavy (non-hydrogen) atoms. The molecule has 0 saturated carbocycles. The first kappa shape index (κ1) is 13.5. The van der Waals surface area contributed by atoms with Gasteiger partial charge in [-0.1, -0.05) is 42.5 Å². The summed E-state index contributed by atoms with van der Waals surface area (Å²) in [6, 6.07) is 15.1. The molecule has 0 radical (unpaired) electrons. The molecule has 0 saturated heterocycles. The highest BCUT2D eigenvalue weighted by atomic mass is 16.1. The molecular formula is C17H17N3O. The fourth-order valence-corrected chi connectivity index (χ4v) is 2.53. The summed E-state index contributed by atoms with van der Waals surface area (Å²) in [4.78, 5) is 17.3. The second kappa shape index (κ2) is 5.14. The van der Waals surface area contributed by atoms with Gasteiger partial charge in [0.25, 0.3) is 5.56 Å². The fourth-order valence-electron chi connectivity index (χ4n) is 2.53. The molecule has 0 aliphatic heterocycles. The molecule has 0 aliphatic carbocycles. The van der Waals surface area contributed by atoms with Gasteiger partial charge in [-0.05, 0) is 18.6 Å². The van der Waals surface area contributed by atoms with Gasteiger partial charge in [0.1, 0.15) is 5.82 Å². The Bertz CT molecular complexity index is 851. The maximum Gasteiger partial charge on any atom is 0.261 e. The zero-order chi connectivity index (χ0) is 15.0. The second-order valence-corrected chi connectivity index (χ2v) is 5.20. The Labute approximate surface area is 122 Å².